The Kier molecular flexibility index (Phi) is 7.42. The van der Waals surface area contributed by atoms with Gasteiger partial charge in [-0.05, 0) is 99.5 Å². The highest BCUT2D eigenvalue weighted by Crippen LogP contribution is 2.38. The van der Waals surface area contributed by atoms with E-state index in [0.29, 0.717) is 31.2 Å². The summed E-state index contributed by atoms with van der Waals surface area (Å²) in [5.74, 6) is 0.599. The molecular weight excluding hydrogens is 506 g/mol. The summed E-state index contributed by atoms with van der Waals surface area (Å²) in [5.41, 5.74) is 4.71. The molecule has 2 fully saturated rings. The van der Waals surface area contributed by atoms with Gasteiger partial charge < -0.3 is 25.2 Å². The van der Waals surface area contributed by atoms with E-state index in [4.69, 9.17) is 9.72 Å². The number of rotatable bonds is 5. The van der Waals surface area contributed by atoms with Crippen LogP contribution in [0.5, 0.6) is 0 Å². The molecule has 0 atom stereocenters. The Hall–Kier alpha value is -3.92. The van der Waals surface area contributed by atoms with E-state index in [-0.39, 0.29) is 17.4 Å². The highest BCUT2D eigenvalue weighted by Gasteiger charge is 2.38. The molecule has 10 heteroatoms. The zero-order chi connectivity index (χ0) is 27.5. The average Bonchev–Trinajstić information content (AvgIpc) is 3.40. The molecule has 2 aromatic heterocycles. The second-order valence-electron chi connectivity index (χ2n) is 11.0. The first-order valence-electron chi connectivity index (χ1n) is 14.4. The summed E-state index contributed by atoms with van der Waals surface area (Å²) in [6.07, 6.45) is 8.97. The number of likely N-dealkylation sites (tertiary alicyclic amines) is 1. The lowest BCUT2D eigenvalue weighted by atomic mass is 9.73. The lowest BCUT2D eigenvalue weighted by Crippen LogP contribution is -2.50. The molecule has 5 heterocycles. The molecule has 3 aliphatic heterocycles. The van der Waals surface area contributed by atoms with Crippen LogP contribution in [0.4, 0.5) is 16.4 Å². The van der Waals surface area contributed by atoms with Crippen molar-refractivity contribution in [2.45, 2.75) is 39.0 Å². The minimum atomic E-state index is -0.278. The number of anilines is 2. The fourth-order valence-electron chi connectivity index (χ4n) is 6.26. The molecule has 0 unspecified atom stereocenters. The monoisotopic (exact) mass is 543 g/mol. The molecule has 2 N–H and O–H groups in total. The summed E-state index contributed by atoms with van der Waals surface area (Å²) >= 11 is 0. The van der Waals surface area contributed by atoms with Crippen molar-refractivity contribution in [3.05, 3.63) is 59.8 Å². The minimum Gasteiger partial charge on any atom is -0.450 e. The van der Waals surface area contributed by atoms with Crippen LogP contribution in [0.1, 0.15) is 54.9 Å². The summed E-state index contributed by atoms with van der Waals surface area (Å²) < 4.78 is 6.89. The molecule has 2 saturated heterocycles. The van der Waals surface area contributed by atoms with Crippen molar-refractivity contribution < 1.29 is 14.3 Å². The SMILES string of the molecule is CCOC(=O)N1CC=C(c2cccn3nc(Nc4ccc(C(=O)N5CCCC6(CCNCC6)C5)cc4)nc23)CC1. The Morgan fingerprint density at radius 1 is 1.07 bits per heavy atom. The predicted molar refractivity (Wildman–Crippen MR) is 154 cm³/mol. The number of nitrogens with one attached hydrogen (secondary N) is 2. The molecule has 6 rings (SSSR count). The van der Waals surface area contributed by atoms with Crippen LogP contribution in [0.25, 0.3) is 11.2 Å². The molecule has 10 nitrogen and oxygen atoms in total. The van der Waals surface area contributed by atoms with Gasteiger partial charge in [-0.1, -0.05) is 6.08 Å². The number of aromatic nitrogens is 3. The summed E-state index contributed by atoms with van der Waals surface area (Å²) in [4.78, 5) is 33.9. The highest BCUT2D eigenvalue weighted by molar-refractivity contribution is 5.94. The first-order chi connectivity index (χ1) is 19.5. The van der Waals surface area contributed by atoms with Gasteiger partial charge in [0.05, 0.1) is 6.61 Å². The molecule has 3 aromatic rings. The molecule has 0 bridgehead atoms. The first kappa shape index (κ1) is 26.3. The number of piperidine rings is 2. The third-order valence-electron chi connectivity index (χ3n) is 8.44. The van der Waals surface area contributed by atoms with Crippen molar-refractivity contribution >= 4 is 34.9 Å². The molecule has 210 valence electrons. The Bertz CT molecular complexity index is 1400. The molecule has 0 saturated carbocycles. The van der Waals surface area contributed by atoms with Gasteiger partial charge in [0.15, 0.2) is 5.65 Å². The van der Waals surface area contributed by atoms with Gasteiger partial charge in [0, 0.05) is 49.2 Å². The van der Waals surface area contributed by atoms with Crippen molar-refractivity contribution in [2.75, 3.05) is 51.2 Å². The number of carbonyl (C=O) groups excluding carboxylic acids is 2. The third kappa shape index (κ3) is 5.40. The lowest BCUT2D eigenvalue weighted by molar-refractivity contribution is 0.0411. The lowest BCUT2D eigenvalue weighted by Gasteiger charge is -2.45. The van der Waals surface area contributed by atoms with Gasteiger partial charge in [-0.15, -0.1) is 5.10 Å². The summed E-state index contributed by atoms with van der Waals surface area (Å²) in [7, 11) is 0. The van der Waals surface area contributed by atoms with Gasteiger partial charge in [-0.2, -0.15) is 4.98 Å². The van der Waals surface area contributed by atoms with E-state index in [2.05, 4.69) is 21.8 Å². The third-order valence-corrected chi connectivity index (χ3v) is 8.44. The number of nitrogens with zero attached hydrogens (tertiary/aromatic N) is 5. The van der Waals surface area contributed by atoms with E-state index in [0.717, 1.165) is 74.3 Å². The zero-order valence-electron chi connectivity index (χ0n) is 23.1. The maximum atomic E-state index is 13.3. The van der Waals surface area contributed by atoms with E-state index in [1.165, 1.54) is 6.42 Å². The molecule has 0 radical (unpaired) electrons. The van der Waals surface area contributed by atoms with Gasteiger partial charge in [0.2, 0.25) is 5.95 Å². The number of pyridine rings is 1. The topological polar surface area (TPSA) is 104 Å². The van der Waals surface area contributed by atoms with Gasteiger partial charge >= 0.3 is 6.09 Å². The van der Waals surface area contributed by atoms with Crippen LogP contribution in [-0.4, -0.2) is 82.3 Å². The van der Waals surface area contributed by atoms with Crippen molar-refractivity contribution in [3.8, 4) is 0 Å². The molecule has 1 aromatic carbocycles. The number of fused-ring (bicyclic) bond motifs is 1. The van der Waals surface area contributed by atoms with E-state index >= 15 is 0 Å². The largest absolute Gasteiger partial charge is 0.450 e. The first-order valence-corrected chi connectivity index (χ1v) is 14.4. The average molecular weight is 544 g/mol. The van der Waals surface area contributed by atoms with E-state index in [9.17, 15) is 9.59 Å². The van der Waals surface area contributed by atoms with Crippen LogP contribution in [0, 0.1) is 5.41 Å². The number of benzene rings is 1. The van der Waals surface area contributed by atoms with Crippen LogP contribution in [0.2, 0.25) is 0 Å². The fourth-order valence-corrected chi connectivity index (χ4v) is 6.26. The van der Waals surface area contributed by atoms with Gasteiger partial charge in [-0.3, -0.25) is 4.79 Å². The number of ether oxygens (including phenoxy) is 1. The summed E-state index contributed by atoms with van der Waals surface area (Å²) in [6.45, 7) is 7.09. The van der Waals surface area contributed by atoms with Gasteiger partial charge in [0.1, 0.15) is 0 Å². The Labute approximate surface area is 234 Å². The van der Waals surface area contributed by atoms with Crippen molar-refractivity contribution in [1.29, 1.82) is 0 Å². The summed E-state index contributed by atoms with van der Waals surface area (Å²) in [5, 5.41) is 11.4. The standard InChI is InChI=1S/C30H37N7O3/c1-2-40-29(39)35-19-10-22(11-20-35)25-5-3-18-37-26(25)33-28(34-37)32-24-8-6-23(7-9-24)27(38)36-17-4-12-30(21-36)13-15-31-16-14-30/h3,5-10,18,31H,2,4,11-17,19-21H2,1H3,(H,32,34). The number of hydrogen-bond donors (Lipinski definition) is 2. The second-order valence-corrected chi connectivity index (χ2v) is 11.0. The molecule has 40 heavy (non-hydrogen) atoms. The van der Waals surface area contributed by atoms with Crippen LogP contribution in [0.15, 0.2) is 48.7 Å². The van der Waals surface area contributed by atoms with Crippen LogP contribution in [0.3, 0.4) is 0 Å². The van der Waals surface area contributed by atoms with Crippen LogP contribution >= 0.6 is 0 Å². The molecule has 0 aliphatic carbocycles. The smallest absolute Gasteiger partial charge is 0.410 e. The van der Waals surface area contributed by atoms with E-state index < -0.39 is 0 Å². The minimum absolute atomic E-state index is 0.113. The fraction of sp³-hybridized carbons (Fsp3) is 0.467. The van der Waals surface area contributed by atoms with Gasteiger partial charge in [0.25, 0.3) is 5.91 Å². The van der Waals surface area contributed by atoms with Crippen molar-refractivity contribution in [3.63, 3.8) is 0 Å². The Morgan fingerprint density at radius 2 is 1.90 bits per heavy atom. The number of amides is 2. The van der Waals surface area contributed by atoms with Crippen LogP contribution in [-0.2, 0) is 4.74 Å². The second kappa shape index (κ2) is 11.3. The van der Waals surface area contributed by atoms with Crippen molar-refractivity contribution in [1.82, 2.24) is 29.7 Å². The normalized spacial score (nSPS) is 19.0. The quantitative estimate of drug-likeness (QED) is 0.494. The maximum Gasteiger partial charge on any atom is 0.410 e. The van der Waals surface area contributed by atoms with Crippen LogP contribution < -0.4 is 10.6 Å². The van der Waals surface area contributed by atoms with E-state index in [1.54, 1.807) is 9.42 Å². The van der Waals surface area contributed by atoms with E-state index in [1.807, 2.05) is 54.4 Å². The maximum absolute atomic E-state index is 13.3. The summed E-state index contributed by atoms with van der Waals surface area (Å²) in [6, 6.07) is 11.6. The number of hydrogen-bond acceptors (Lipinski definition) is 7. The Morgan fingerprint density at radius 3 is 2.65 bits per heavy atom. The molecule has 3 aliphatic rings. The molecule has 1 spiro atoms. The van der Waals surface area contributed by atoms with Gasteiger partial charge in [-0.25, -0.2) is 9.31 Å². The Balaban J connectivity index is 1.13. The number of carbonyl (C=O) groups is 2. The molecule has 2 amide bonds. The zero-order valence-corrected chi connectivity index (χ0v) is 23.1. The molecular formula is C30H37N7O3. The predicted octanol–water partition coefficient (Wildman–Crippen LogP) is 4.32. The van der Waals surface area contributed by atoms with Crippen molar-refractivity contribution in [2.24, 2.45) is 5.41 Å². The highest BCUT2D eigenvalue weighted by atomic mass is 16.6.